The summed E-state index contributed by atoms with van der Waals surface area (Å²) in [6.07, 6.45) is 4.66. The summed E-state index contributed by atoms with van der Waals surface area (Å²) in [6, 6.07) is 12.7. The lowest BCUT2D eigenvalue weighted by Crippen LogP contribution is -2.42. The molecule has 1 unspecified atom stereocenters. The van der Waals surface area contributed by atoms with Gasteiger partial charge in [0.1, 0.15) is 17.1 Å². The lowest BCUT2D eigenvalue weighted by molar-refractivity contribution is -0.133. The zero-order valence-electron chi connectivity index (χ0n) is 19.3. The maximum atomic E-state index is 13.3. The zero-order valence-corrected chi connectivity index (χ0v) is 20.2. The maximum absolute atomic E-state index is 13.3. The number of hydrogen-bond donors (Lipinski definition) is 3. The Morgan fingerprint density at radius 3 is 2.60 bits per heavy atom. The number of benzene rings is 2. The fraction of sp³-hybridized carbons (Fsp3) is 0.308. The number of urea groups is 1. The van der Waals surface area contributed by atoms with E-state index in [4.69, 9.17) is 5.73 Å². The Balaban J connectivity index is 1.36. The minimum atomic E-state index is -1.29. The van der Waals surface area contributed by atoms with Gasteiger partial charge in [-0.1, -0.05) is 42.8 Å². The molecule has 0 bridgehead atoms. The van der Waals surface area contributed by atoms with E-state index >= 15 is 0 Å². The topological polar surface area (TPSA) is 122 Å². The first-order valence-corrected chi connectivity index (χ1v) is 12.5. The van der Waals surface area contributed by atoms with Crippen LogP contribution in [0, 0.1) is 0 Å². The van der Waals surface area contributed by atoms with Gasteiger partial charge in [0, 0.05) is 4.88 Å². The van der Waals surface area contributed by atoms with Crippen molar-refractivity contribution in [1.82, 2.24) is 10.2 Å². The quantitative estimate of drug-likeness (QED) is 0.373. The summed E-state index contributed by atoms with van der Waals surface area (Å²) in [6.45, 7) is 1.17. The summed E-state index contributed by atoms with van der Waals surface area (Å²) in [5.74, 6) is -1.65. The number of carbonyl (C=O) groups is 4. The van der Waals surface area contributed by atoms with Crippen molar-refractivity contribution in [3.63, 3.8) is 0 Å². The van der Waals surface area contributed by atoms with E-state index in [2.05, 4.69) is 10.6 Å². The lowest BCUT2D eigenvalue weighted by Gasteiger charge is -2.22. The number of anilines is 1. The molecule has 3 aromatic rings. The van der Waals surface area contributed by atoms with Gasteiger partial charge in [0.2, 0.25) is 5.91 Å². The summed E-state index contributed by atoms with van der Waals surface area (Å²) in [4.78, 5) is 53.1. The first-order valence-electron chi connectivity index (χ1n) is 11.7. The van der Waals surface area contributed by atoms with Crippen LogP contribution in [0.4, 0.5) is 9.80 Å². The van der Waals surface area contributed by atoms with E-state index in [1.807, 2.05) is 42.5 Å². The average Bonchev–Trinajstić information content (AvgIpc) is 3.15. The van der Waals surface area contributed by atoms with Gasteiger partial charge in [0.15, 0.2) is 0 Å². The van der Waals surface area contributed by atoms with Crippen LogP contribution >= 0.6 is 11.3 Å². The summed E-state index contributed by atoms with van der Waals surface area (Å²) in [5, 5.41) is 7.83. The van der Waals surface area contributed by atoms with Crippen LogP contribution in [0.15, 0.2) is 42.5 Å². The minimum absolute atomic E-state index is 0.346. The number of amides is 5. The molecule has 1 fully saturated rings. The molecule has 1 saturated heterocycles. The maximum Gasteiger partial charge on any atom is 0.325 e. The number of thiophene rings is 1. The average molecular weight is 491 g/mol. The largest absolute Gasteiger partial charge is 0.365 e. The van der Waals surface area contributed by atoms with Crippen molar-refractivity contribution in [2.75, 3.05) is 11.9 Å². The molecule has 5 amide bonds. The third kappa shape index (κ3) is 4.05. The van der Waals surface area contributed by atoms with E-state index in [1.165, 1.54) is 11.3 Å². The van der Waals surface area contributed by atoms with Gasteiger partial charge in [-0.25, -0.2) is 4.79 Å². The molecule has 0 spiro atoms. The van der Waals surface area contributed by atoms with Gasteiger partial charge in [-0.2, -0.15) is 0 Å². The van der Waals surface area contributed by atoms with Gasteiger partial charge in [-0.15, -0.1) is 11.3 Å². The summed E-state index contributed by atoms with van der Waals surface area (Å²) >= 11 is 1.35. The number of hydrogen-bond acceptors (Lipinski definition) is 5. The molecule has 1 atom stereocenters. The SMILES string of the molecule is CC1(c2ccc3ccccc3c2)NC(=O)N(CC(=O)Nc2sc3c(c2C(N)=O)CCCCC3)C1=O. The van der Waals surface area contributed by atoms with E-state index in [0.717, 1.165) is 58.2 Å². The molecule has 35 heavy (non-hydrogen) atoms. The summed E-state index contributed by atoms with van der Waals surface area (Å²) in [5.41, 5.74) is 6.24. The highest BCUT2D eigenvalue weighted by Gasteiger charge is 2.49. The van der Waals surface area contributed by atoms with Crippen molar-refractivity contribution in [3.8, 4) is 0 Å². The van der Waals surface area contributed by atoms with Crippen molar-refractivity contribution >= 4 is 50.9 Å². The molecule has 8 nitrogen and oxygen atoms in total. The number of primary amides is 1. The Labute approximate surface area is 206 Å². The van der Waals surface area contributed by atoms with Crippen LogP contribution < -0.4 is 16.4 Å². The Morgan fingerprint density at radius 1 is 1.09 bits per heavy atom. The fourth-order valence-corrected chi connectivity index (χ4v) is 6.25. The van der Waals surface area contributed by atoms with Crippen molar-refractivity contribution in [1.29, 1.82) is 0 Å². The van der Waals surface area contributed by atoms with E-state index in [-0.39, 0.29) is 0 Å². The fourth-order valence-electron chi connectivity index (χ4n) is 4.94. The molecule has 2 aliphatic rings. The number of nitrogens with one attached hydrogen (secondary N) is 2. The number of aryl methyl sites for hydroxylation is 1. The molecule has 9 heteroatoms. The van der Waals surface area contributed by atoms with Crippen molar-refractivity contribution < 1.29 is 19.2 Å². The number of imide groups is 1. The number of rotatable bonds is 5. The third-order valence-corrected chi connectivity index (χ3v) is 8.03. The van der Waals surface area contributed by atoms with E-state index in [0.29, 0.717) is 16.1 Å². The highest BCUT2D eigenvalue weighted by Crippen LogP contribution is 2.37. The number of carbonyl (C=O) groups excluding carboxylic acids is 4. The van der Waals surface area contributed by atoms with E-state index < -0.39 is 35.8 Å². The van der Waals surface area contributed by atoms with Gasteiger partial charge in [-0.05, 0) is 60.6 Å². The molecule has 2 aromatic carbocycles. The van der Waals surface area contributed by atoms with Crippen LogP contribution in [0.3, 0.4) is 0 Å². The molecule has 5 rings (SSSR count). The third-order valence-electron chi connectivity index (χ3n) is 6.82. The summed E-state index contributed by atoms with van der Waals surface area (Å²) in [7, 11) is 0. The second-order valence-electron chi connectivity index (χ2n) is 9.19. The zero-order chi connectivity index (χ0) is 24.7. The first kappa shape index (κ1) is 23.0. The predicted molar refractivity (Wildman–Crippen MR) is 134 cm³/mol. The van der Waals surface area contributed by atoms with E-state index in [9.17, 15) is 19.2 Å². The van der Waals surface area contributed by atoms with Crippen LogP contribution in [0.1, 0.15) is 52.5 Å². The second kappa shape index (κ2) is 8.81. The number of fused-ring (bicyclic) bond motifs is 2. The number of nitrogens with two attached hydrogens (primary N) is 1. The van der Waals surface area contributed by atoms with Crippen LogP contribution in [-0.2, 0) is 28.0 Å². The van der Waals surface area contributed by atoms with Crippen LogP contribution in [0.25, 0.3) is 10.8 Å². The Morgan fingerprint density at radius 2 is 1.83 bits per heavy atom. The molecule has 0 saturated carbocycles. The van der Waals surface area contributed by atoms with Crippen LogP contribution in [0.5, 0.6) is 0 Å². The van der Waals surface area contributed by atoms with E-state index in [1.54, 1.807) is 6.92 Å². The van der Waals surface area contributed by atoms with Crippen LogP contribution in [0.2, 0.25) is 0 Å². The van der Waals surface area contributed by atoms with Crippen molar-refractivity contribution in [2.45, 2.75) is 44.6 Å². The molecular weight excluding hydrogens is 464 g/mol. The molecule has 4 N–H and O–H groups in total. The van der Waals surface area contributed by atoms with Crippen LogP contribution in [-0.4, -0.2) is 35.2 Å². The standard InChI is InChI=1S/C26H26N4O4S/c1-26(17-12-11-15-7-5-6-8-16(15)13-17)24(33)30(25(34)29-26)14-20(31)28-23-21(22(27)32)18-9-3-2-4-10-19(18)35-23/h5-8,11-13H,2-4,9-10,14H2,1H3,(H2,27,32)(H,28,31)(H,29,34). The highest BCUT2D eigenvalue weighted by atomic mass is 32.1. The van der Waals surface area contributed by atoms with Gasteiger partial charge in [-0.3, -0.25) is 19.3 Å². The second-order valence-corrected chi connectivity index (χ2v) is 10.3. The molecule has 1 aliphatic heterocycles. The molecule has 0 radical (unpaired) electrons. The van der Waals surface area contributed by atoms with Gasteiger partial charge in [0.25, 0.3) is 11.8 Å². The monoisotopic (exact) mass is 490 g/mol. The van der Waals surface area contributed by atoms with Crippen molar-refractivity contribution in [3.05, 3.63) is 64.0 Å². The smallest absolute Gasteiger partial charge is 0.325 e. The van der Waals surface area contributed by atoms with Gasteiger partial charge >= 0.3 is 6.03 Å². The summed E-state index contributed by atoms with van der Waals surface area (Å²) < 4.78 is 0. The Bertz CT molecular complexity index is 1380. The van der Waals surface area contributed by atoms with Crippen molar-refractivity contribution in [2.24, 2.45) is 5.73 Å². The first-order chi connectivity index (χ1) is 16.8. The Kier molecular flexibility index (Phi) is 5.80. The molecule has 2 heterocycles. The normalized spacial score (nSPS) is 19.9. The molecule has 1 aromatic heterocycles. The molecule has 180 valence electrons. The minimum Gasteiger partial charge on any atom is -0.365 e. The number of nitrogens with zero attached hydrogens (tertiary/aromatic N) is 1. The predicted octanol–water partition coefficient (Wildman–Crippen LogP) is 3.67. The Hall–Kier alpha value is -3.72. The molecule has 1 aliphatic carbocycles. The van der Waals surface area contributed by atoms with Gasteiger partial charge in [0.05, 0.1) is 5.56 Å². The molecular formula is C26H26N4O4S. The van der Waals surface area contributed by atoms with Gasteiger partial charge < -0.3 is 16.4 Å². The highest BCUT2D eigenvalue weighted by molar-refractivity contribution is 7.17. The lowest BCUT2D eigenvalue weighted by atomic mass is 9.90.